The third-order valence-electron chi connectivity index (χ3n) is 3.16. The Morgan fingerprint density at radius 3 is 2.50 bits per heavy atom. The molecule has 0 unspecified atom stereocenters. The van der Waals surface area contributed by atoms with Crippen molar-refractivity contribution < 1.29 is 0 Å². The number of nitrogens with one attached hydrogen (secondary N) is 1. The summed E-state index contributed by atoms with van der Waals surface area (Å²) in [5, 5.41) is 15.9. The Morgan fingerprint density at radius 1 is 1.17 bits per heavy atom. The van der Waals surface area contributed by atoms with E-state index in [1.54, 1.807) is 6.20 Å². The normalized spacial score (nSPS) is 11.0. The maximum absolute atomic E-state index is 4.34. The lowest BCUT2D eigenvalue weighted by molar-refractivity contribution is 0.537. The Kier molecular flexibility index (Phi) is 3.32. The van der Waals surface area contributed by atoms with Crippen molar-refractivity contribution in [2.75, 3.05) is 12.4 Å². The molecule has 2 heterocycles. The topological polar surface area (TPSA) is 55.6 Å². The van der Waals surface area contributed by atoms with Gasteiger partial charge in [0, 0.05) is 19.3 Å². The van der Waals surface area contributed by atoms with Crippen LogP contribution in [0.4, 0.5) is 5.82 Å². The molecule has 1 N–H and O–H groups in total. The molecule has 0 spiro atoms. The van der Waals surface area contributed by atoms with Crippen LogP contribution in [0, 0.1) is 13.8 Å². The maximum Gasteiger partial charge on any atom is 0.151 e. The smallest absolute Gasteiger partial charge is 0.151 e. The van der Waals surface area contributed by atoms with Crippen LogP contribution in [0.2, 0.25) is 0 Å². The minimum absolute atomic E-state index is 0.306. The summed E-state index contributed by atoms with van der Waals surface area (Å²) in [6.45, 7) is 8.33. The Labute approximate surface area is 107 Å². The van der Waals surface area contributed by atoms with E-state index in [1.807, 2.05) is 17.8 Å². The Bertz CT molecular complexity index is 557. The van der Waals surface area contributed by atoms with Crippen LogP contribution in [0.5, 0.6) is 0 Å². The summed E-state index contributed by atoms with van der Waals surface area (Å²) < 4.78 is 1.97. The van der Waals surface area contributed by atoms with Gasteiger partial charge in [-0.2, -0.15) is 5.10 Å². The number of nitrogens with zero attached hydrogens (tertiary/aromatic N) is 4. The number of rotatable bonds is 3. The largest absolute Gasteiger partial charge is 0.371 e. The van der Waals surface area contributed by atoms with Crippen molar-refractivity contribution in [3.05, 3.63) is 23.4 Å². The molecule has 18 heavy (non-hydrogen) atoms. The first-order valence-electron chi connectivity index (χ1n) is 6.11. The molecular weight excluding hydrogens is 226 g/mol. The zero-order valence-corrected chi connectivity index (χ0v) is 11.5. The van der Waals surface area contributed by atoms with Gasteiger partial charge in [0.2, 0.25) is 0 Å². The average molecular weight is 245 g/mol. The lowest BCUT2D eigenvalue weighted by atomic mass is 10.1. The molecule has 0 bridgehead atoms. The van der Waals surface area contributed by atoms with Gasteiger partial charge in [-0.15, -0.1) is 10.2 Å². The van der Waals surface area contributed by atoms with Gasteiger partial charge >= 0.3 is 0 Å². The van der Waals surface area contributed by atoms with Crippen molar-refractivity contribution in [3.8, 4) is 11.4 Å². The molecule has 0 aliphatic carbocycles. The fourth-order valence-electron chi connectivity index (χ4n) is 2.00. The predicted molar refractivity (Wildman–Crippen MR) is 72.7 cm³/mol. The summed E-state index contributed by atoms with van der Waals surface area (Å²) in [7, 11) is 1.86. The van der Waals surface area contributed by atoms with Gasteiger partial charge < -0.3 is 5.32 Å². The molecule has 0 radical (unpaired) electrons. The monoisotopic (exact) mass is 245 g/mol. The zero-order chi connectivity index (χ0) is 13.3. The second kappa shape index (κ2) is 4.76. The molecule has 2 aromatic rings. The lowest BCUT2D eigenvalue weighted by Crippen LogP contribution is -2.08. The summed E-state index contributed by atoms with van der Waals surface area (Å²) in [6.07, 6.45) is 1.80. The van der Waals surface area contributed by atoms with Gasteiger partial charge in [0.05, 0.1) is 5.69 Å². The SMILES string of the molecule is CNc1nnc(-c2ccnn2C(C)C)c(C)c1C. The Hall–Kier alpha value is -1.91. The number of hydrogen-bond acceptors (Lipinski definition) is 4. The summed E-state index contributed by atoms with van der Waals surface area (Å²) in [4.78, 5) is 0. The molecular formula is C13H19N5. The van der Waals surface area contributed by atoms with E-state index < -0.39 is 0 Å². The fourth-order valence-corrected chi connectivity index (χ4v) is 2.00. The summed E-state index contributed by atoms with van der Waals surface area (Å²) in [6, 6.07) is 2.29. The second-order valence-electron chi connectivity index (χ2n) is 4.65. The van der Waals surface area contributed by atoms with Gasteiger partial charge in [0.1, 0.15) is 5.69 Å². The predicted octanol–water partition coefficient (Wildman–Crippen LogP) is 2.58. The number of hydrogen-bond donors (Lipinski definition) is 1. The first-order valence-corrected chi connectivity index (χ1v) is 6.11. The van der Waals surface area contributed by atoms with E-state index in [9.17, 15) is 0 Å². The molecule has 5 heteroatoms. The van der Waals surface area contributed by atoms with Crippen LogP contribution in [0.3, 0.4) is 0 Å². The van der Waals surface area contributed by atoms with Crippen molar-refractivity contribution in [3.63, 3.8) is 0 Å². The zero-order valence-electron chi connectivity index (χ0n) is 11.5. The summed E-state index contributed by atoms with van der Waals surface area (Å²) >= 11 is 0. The van der Waals surface area contributed by atoms with Gasteiger partial charge in [-0.3, -0.25) is 4.68 Å². The lowest BCUT2D eigenvalue weighted by Gasteiger charge is -2.14. The van der Waals surface area contributed by atoms with Gasteiger partial charge in [-0.05, 0) is 44.9 Å². The van der Waals surface area contributed by atoms with E-state index in [2.05, 4.69) is 48.3 Å². The highest BCUT2D eigenvalue weighted by Crippen LogP contribution is 2.26. The van der Waals surface area contributed by atoms with E-state index >= 15 is 0 Å². The van der Waals surface area contributed by atoms with Gasteiger partial charge in [-0.1, -0.05) is 0 Å². The van der Waals surface area contributed by atoms with Crippen LogP contribution < -0.4 is 5.32 Å². The molecule has 0 saturated carbocycles. The van der Waals surface area contributed by atoms with Crippen molar-refractivity contribution in [1.82, 2.24) is 20.0 Å². The Morgan fingerprint density at radius 2 is 1.89 bits per heavy atom. The standard InChI is InChI=1S/C13H19N5/c1-8(2)18-11(6-7-15-18)12-9(3)10(4)13(14-5)17-16-12/h6-8H,1-5H3,(H,14,17). The minimum Gasteiger partial charge on any atom is -0.371 e. The molecule has 0 amide bonds. The highest BCUT2D eigenvalue weighted by atomic mass is 15.3. The van der Waals surface area contributed by atoms with Gasteiger partial charge in [-0.25, -0.2) is 0 Å². The van der Waals surface area contributed by atoms with Crippen LogP contribution in [0.1, 0.15) is 31.0 Å². The van der Waals surface area contributed by atoms with E-state index in [0.29, 0.717) is 6.04 Å². The number of aromatic nitrogens is 4. The fraction of sp³-hybridized carbons (Fsp3) is 0.462. The molecule has 96 valence electrons. The third kappa shape index (κ3) is 1.96. The van der Waals surface area contributed by atoms with Crippen molar-refractivity contribution in [1.29, 1.82) is 0 Å². The van der Waals surface area contributed by atoms with Gasteiger partial charge in [0.25, 0.3) is 0 Å². The van der Waals surface area contributed by atoms with Crippen molar-refractivity contribution >= 4 is 5.82 Å². The molecule has 5 nitrogen and oxygen atoms in total. The summed E-state index contributed by atoms with van der Waals surface area (Å²) in [5.74, 6) is 0.826. The molecule has 2 rings (SSSR count). The Balaban J connectivity index is 2.58. The van der Waals surface area contributed by atoms with E-state index in [0.717, 1.165) is 28.3 Å². The highest BCUT2D eigenvalue weighted by molar-refractivity contribution is 5.63. The molecule has 0 aliphatic rings. The highest BCUT2D eigenvalue weighted by Gasteiger charge is 2.15. The molecule has 2 aromatic heterocycles. The van der Waals surface area contributed by atoms with E-state index in [1.165, 1.54) is 0 Å². The molecule has 0 aliphatic heterocycles. The number of anilines is 1. The van der Waals surface area contributed by atoms with E-state index in [-0.39, 0.29) is 0 Å². The first kappa shape index (κ1) is 12.5. The van der Waals surface area contributed by atoms with Crippen LogP contribution in [-0.4, -0.2) is 27.0 Å². The molecule has 0 atom stereocenters. The minimum atomic E-state index is 0.306. The third-order valence-corrected chi connectivity index (χ3v) is 3.16. The second-order valence-corrected chi connectivity index (χ2v) is 4.65. The molecule has 0 saturated heterocycles. The van der Waals surface area contributed by atoms with Gasteiger partial charge in [0.15, 0.2) is 5.82 Å². The quantitative estimate of drug-likeness (QED) is 0.903. The summed E-state index contributed by atoms with van der Waals surface area (Å²) in [5.41, 5.74) is 4.18. The molecule has 0 fully saturated rings. The van der Waals surface area contributed by atoms with Crippen LogP contribution in [0.15, 0.2) is 12.3 Å². The van der Waals surface area contributed by atoms with Crippen molar-refractivity contribution in [2.24, 2.45) is 0 Å². The first-order chi connectivity index (χ1) is 8.56. The maximum atomic E-state index is 4.34. The van der Waals surface area contributed by atoms with Crippen LogP contribution >= 0.6 is 0 Å². The van der Waals surface area contributed by atoms with Crippen LogP contribution in [-0.2, 0) is 0 Å². The molecule has 0 aromatic carbocycles. The van der Waals surface area contributed by atoms with Crippen molar-refractivity contribution in [2.45, 2.75) is 33.7 Å². The average Bonchev–Trinajstić information content (AvgIpc) is 2.81. The van der Waals surface area contributed by atoms with E-state index in [4.69, 9.17) is 0 Å². The van der Waals surface area contributed by atoms with Crippen LogP contribution in [0.25, 0.3) is 11.4 Å².